The summed E-state index contributed by atoms with van der Waals surface area (Å²) in [7, 11) is 0. The van der Waals surface area contributed by atoms with Gasteiger partial charge in [-0.1, -0.05) is 35.3 Å². The fourth-order valence-electron chi connectivity index (χ4n) is 2.99. The molecule has 22 heavy (non-hydrogen) atoms. The van der Waals surface area contributed by atoms with E-state index in [1.54, 1.807) is 0 Å². The molecule has 0 radical (unpaired) electrons. The molecule has 2 nitrogen and oxygen atoms in total. The third-order valence-corrected chi connectivity index (χ3v) is 5.93. The number of thiophene rings is 1. The first-order valence-corrected chi connectivity index (χ1v) is 9.19. The van der Waals surface area contributed by atoms with Crippen LogP contribution in [-0.4, -0.2) is 31.1 Å². The maximum atomic E-state index is 6.54. The Morgan fingerprint density at radius 3 is 2.77 bits per heavy atom. The number of benzene rings is 1. The van der Waals surface area contributed by atoms with Gasteiger partial charge in [0.25, 0.3) is 0 Å². The van der Waals surface area contributed by atoms with E-state index in [4.69, 9.17) is 23.2 Å². The second kappa shape index (κ2) is 7.33. The lowest BCUT2D eigenvalue weighted by atomic mass is 10.0. The van der Waals surface area contributed by atoms with Gasteiger partial charge in [0.15, 0.2) is 0 Å². The SMILES string of the molecule is Cc1ccc(C(c2cccc(Cl)c2Cl)N2CCCNCC2)s1. The number of hydrogen-bond donors (Lipinski definition) is 1. The lowest BCUT2D eigenvalue weighted by Gasteiger charge is -2.31. The monoisotopic (exact) mass is 354 g/mol. The Labute approximate surface area is 146 Å². The second-order valence-corrected chi connectivity index (χ2v) is 7.74. The minimum atomic E-state index is 0.185. The summed E-state index contributed by atoms with van der Waals surface area (Å²) in [5.41, 5.74) is 1.11. The normalized spacial score (nSPS) is 18.1. The Kier molecular flexibility index (Phi) is 5.42. The first-order chi connectivity index (χ1) is 10.7. The first kappa shape index (κ1) is 16.3. The minimum Gasteiger partial charge on any atom is -0.315 e. The predicted octanol–water partition coefficient (Wildman–Crippen LogP) is 4.75. The van der Waals surface area contributed by atoms with Crippen molar-refractivity contribution in [3.8, 4) is 0 Å². The third kappa shape index (κ3) is 3.50. The molecule has 0 saturated carbocycles. The van der Waals surface area contributed by atoms with E-state index >= 15 is 0 Å². The van der Waals surface area contributed by atoms with E-state index in [0.29, 0.717) is 10.0 Å². The Hall–Kier alpha value is -0.580. The lowest BCUT2D eigenvalue weighted by Crippen LogP contribution is -2.32. The van der Waals surface area contributed by atoms with Crippen LogP contribution >= 0.6 is 34.5 Å². The van der Waals surface area contributed by atoms with Crippen LogP contribution in [-0.2, 0) is 0 Å². The summed E-state index contributed by atoms with van der Waals surface area (Å²) >= 11 is 14.6. The zero-order chi connectivity index (χ0) is 15.5. The highest BCUT2D eigenvalue weighted by Crippen LogP contribution is 2.39. The van der Waals surface area contributed by atoms with Crippen LogP contribution in [0, 0.1) is 6.92 Å². The largest absolute Gasteiger partial charge is 0.315 e. The van der Waals surface area contributed by atoms with Gasteiger partial charge < -0.3 is 5.32 Å². The predicted molar refractivity (Wildman–Crippen MR) is 96.4 cm³/mol. The van der Waals surface area contributed by atoms with Gasteiger partial charge in [0, 0.05) is 29.4 Å². The van der Waals surface area contributed by atoms with Crippen molar-refractivity contribution in [2.45, 2.75) is 19.4 Å². The van der Waals surface area contributed by atoms with Gasteiger partial charge in [0.05, 0.1) is 16.1 Å². The van der Waals surface area contributed by atoms with Crippen LogP contribution < -0.4 is 5.32 Å². The van der Waals surface area contributed by atoms with Crippen molar-refractivity contribution in [3.05, 3.63) is 55.7 Å². The molecular formula is C17H20Cl2N2S. The van der Waals surface area contributed by atoms with E-state index in [9.17, 15) is 0 Å². The average molecular weight is 355 g/mol. The highest BCUT2D eigenvalue weighted by atomic mass is 35.5. The van der Waals surface area contributed by atoms with Gasteiger partial charge in [-0.25, -0.2) is 0 Å². The summed E-state index contributed by atoms with van der Waals surface area (Å²) in [4.78, 5) is 5.18. The molecule has 0 amide bonds. The molecule has 0 aliphatic carbocycles. The van der Waals surface area contributed by atoms with Crippen LogP contribution in [0.2, 0.25) is 10.0 Å². The molecule has 1 aromatic heterocycles. The molecule has 0 spiro atoms. The van der Waals surface area contributed by atoms with Gasteiger partial charge in [-0.3, -0.25) is 4.90 Å². The van der Waals surface area contributed by atoms with Crippen LogP contribution in [0.25, 0.3) is 0 Å². The minimum absolute atomic E-state index is 0.185. The molecule has 1 aliphatic heterocycles. The zero-order valence-electron chi connectivity index (χ0n) is 12.6. The van der Waals surface area contributed by atoms with Crippen molar-refractivity contribution in [1.29, 1.82) is 0 Å². The molecule has 2 aromatic rings. The van der Waals surface area contributed by atoms with Crippen LogP contribution in [0.3, 0.4) is 0 Å². The molecule has 0 bridgehead atoms. The quantitative estimate of drug-likeness (QED) is 0.855. The molecule has 1 aliphatic rings. The Morgan fingerprint density at radius 1 is 1.14 bits per heavy atom. The van der Waals surface area contributed by atoms with E-state index in [1.807, 2.05) is 23.5 Å². The van der Waals surface area contributed by atoms with E-state index in [1.165, 1.54) is 9.75 Å². The summed E-state index contributed by atoms with van der Waals surface area (Å²) in [5.74, 6) is 0. The molecule has 3 rings (SSSR count). The summed E-state index contributed by atoms with van der Waals surface area (Å²) in [6.07, 6.45) is 1.15. The van der Waals surface area contributed by atoms with Crippen molar-refractivity contribution in [2.24, 2.45) is 0 Å². The number of rotatable bonds is 3. The number of nitrogens with zero attached hydrogens (tertiary/aromatic N) is 1. The summed E-state index contributed by atoms with van der Waals surface area (Å²) < 4.78 is 0. The maximum absolute atomic E-state index is 6.54. The van der Waals surface area contributed by atoms with Crippen LogP contribution in [0.1, 0.15) is 27.8 Å². The maximum Gasteiger partial charge on any atom is 0.0711 e. The summed E-state index contributed by atoms with van der Waals surface area (Å²) in [6.45, 7) is 6.33. The molecule has 5 heteroatoms. The Balaban J connectivity index is 2.03. The molecule has 1 fully saturated rings. The molecule has 1 unspecified atom stereocenters. The standard InChI is InChI=1S/C17H20Cl2N2S/c1-12-6-7-15(22-12)17(21-10-3-8-20-9-11-21)13-4-2-5-14(18)16(13)19/h2,4-7,17,20H,3,8-11H2,1H3. The number of nitrogens with one attached hydrogen (secondary N) is 1. The molecule has 1 aromatic carbocycles. The molecule has 1 N–H and O–H groups in total. The van der Waals surface area contributed by atoms with Crippen molar-refractivity contribution in [3.63, 3.8) is 0 Å². The lowest BCUT2D eigenvalue weighted by molar-refractivity contribution is 0.244. The second-order valence-electron chi connectivity index (χ2n) is 5.63. The molecule has 1 saturated heterocycles. The van der Waals surface area contributed by atoms with E-state index in [-0.39, 0.29) is 6.04 Å². The molecule has 2 heterocycles. The Bertz CT molecular complexity index is 633. The van der Waals surface area contributed by atoms with Crippen LogP contribution in [0.5, 0.6) is 0 Å². The molecular weight excluding hydrogens is 335 g/mol. The van der Waals surface area contributed by atoms with E-state index < -0.39 is 0 Å². The molecule has 1 atom stereocenters. The van der Waals surface area contributed by atoms with E-state index in [0.717, 1.165) is 38.2 Å². The van der Waals surface area contributed by atoms with Gasteiger partial charge in [0.2, 0.25) is 0 Å². The third-order valence-electron chi connectivity index (χ3n) is 4.05. The topological polar surface area (TPSA) is 15.3 Å². The fourth-order valence-corrected chi connectivity index (χ4v) is 4.43. The average Bonchev–Trinajstić information content (AvgIpc) is 2.75. The zero-order valence-corrected chi connectivity index (χ0v) is 14.9. The van der Waals surface area contributed by atoms with Crippen molar-refractivity contribution in [1.82, 2.24) is 10.2 Å². The molecule has 118 valence electrons. The van der Waals surface area contributed by atoms with E-state index in [2.05, 4.69) is 35.3 Å². The first-order valence-electron chi connectivity index (χ1n) is 7.62. The van der Waals surface area contributed by atoms with Gasteiger partial charge in [0.1, 0.15) is 0 Å². The van der Waals surface area contributed by atoms with Crippen molar-refractivity contribution < 1.29 is 0 Å². The van der Waals surface area contributed by atoms with Gasteiger partial charge >= 0.3 is 0 Å². The summed E-state index contributed by atoms with van der Waals surface area (Å²) in [5, 5.41) is 4.78. The highest BCUT2D eigenvalue weighted by Gasteiger charge is 2.26. The van der Waals surface area contributed by atoms with Crippen molar-refractivity contribution in [2.75, 3.05) is 26.2 Å². The fraction of sp³-hybridized carbons (Fsp3) is 0.412. The number of hydrogen-bond acceptors (Lipinski definition) is 3. The number of halogens is 2. The number of aryl methyl sites for hydroxylation is 1. The highest BCUT2D eigenvalue weighted by molar-refractivity contribution is 7.12. The van der Waals surface area contributed by atoms with Gasteiger partial charge in [-0.05, 0) is 43.7 Å². The van der Waals surface area contributed by atoms with Crippen molar-refractivity contribution >= 4 is 34.5 Å². The van der Waals surface area contributed by atoms with Crippen LogP contribution in [0.15, 0.2) is 30.3 Å². The Morgan fingerprint density at radius 2 is 2.00 bits per heavy atom. The van der Waals surface area contributed by atoms with Gasteiger partial charge in [-0.2, -0.15) is 0 Å². The smallest absolute Gasteiger partial charge is 0.0711 e. The summed E-state index contributed by atoms with van der Waals surface area (Å²) in [6, 6.07) is 10.5. The van der Waals surface area contributed by atoms with Crippen LogP contribution in [0.4, 0.5) is 0 Å². The van der Waals surface area contributed by atoms with Gasteiger partial charge in [-0.15, -0.1) is 11.3 Å².